The third-order valence-corrected chi connectivity index (χ3v) is 1.12. The summed E-state index contributed by atoms with van der Waals surface area (Å²) in [5.41, 5.74) is 1.53. The predicted molar refractivity (Wildman–Crippen MR) is 29.2 cm³/mol. The van der Waals surface area contributed by atoms with Crippen molar-refractivity contribution >= 4 is 22.9 Å². The van der Waals surface area contributed by atoms with Crippen LogP contribution in [0.25, 0.3) is 0 Å². The lowest BCUT2D eigenvalue weighted by Crippen LogP contribution is -1.91. The molecule has 1 N–H and O–H groups in total. The van der Waals surface area contributed by atoms with Gasteiger partial charge in [0, 0.05) is 0 Å². The molecule has 0 aliphatic rings. The van der Waals surface area contributed by atoms with E-state index >= 15 is 0 Å². The Kier molecular flexibility index (Phi) is 1.53. The third kappa shape index (κ3) is 1.00. The van der Waals surface area contributed by atoms with Crippen LogP contribution in [0, 0.1) is 0 Å². The highest BCUT2D eigenvalue weighted by molar-refractivity contribution is 7.13. The number of rotatable bonds is 2. The lowest BCUT2D eigenvalue weighted by atomic mass is 11.1. The number of hydrogen-bond acceptors (Lipinski definition) is 4. The number of aromatic nitrogens is 2. The number of anilines is 1. The molecule has 5 heteroatoms. The molecule has 0 atom stereocenters. The van der Waals surface area contributed by atoms with Crippen molar-refractivity contribution in [3.63, 3.8) is 0 Å². The standard InChI is InChI=1S/C3H2N3OS/c7-1-4-3-6-5-2-8-3/h2H,(H,4,6,7). The van der Waals surface area contributed by atoms with Gasteiger partial charge in [-0.1, -0.05) is 11.3 Å². The van der Waals surface area contributed by atoms with Gasteiger partial charge in [-0.3, -0.25) is 10.1 Å². The Hall–Kier alpha value is -0.970. The van der Waals surface area contributed by atoms with Gasteiger partial charge in [-0.2, -0.15) is 0 Å². The molecular formula is C3H2N3OS. The van der Waals surface area contributed by atoms with Crippen LogP contribution in [0.3, 0.4) is 0 Å². The smallest absolute Gasteiger partial charge is 0.292 e. The Bertz CT molecular complexity index is 161. The Morgan fingerprint density at radius 2 is 2.75 bits per heavy atom. The third-order valence-electron chi connectivity index (χ3n) is 0.518. The monoisotopic (exact) mass is 128 g/mol. The molecule has 4 nitrogen and oxygen atoms in total. The van der Waals surface area contributed by atoms with Gasteiger partial charge < -0.3 is 0 Å². The van der Waals surface area contributed by atoms with Crippen molar-refractivity contribution in [2.24, 2.45) is 0 Å². The zero-order valence-electron chi connectivity index (χ0n) is 3.79. The van der Waals surface area contributed by atoms with E-state index in [1.807, 2.05) is 0 Å². The summed E-state index contributed by atoms with van der Waals surface area (Å²) in [5, 5.41) is 9.67. The number of amides is 1. The molecule has 41 valence electrons. The van der Waals surface area contributed by atoms with Crippen molar-refractivity contribution in [3.8, 4) is 0 Å². The van der Waals surface area contributed by atoms with Crippen LogP contribution >= 0.6 is 11.3 Å². The van der Waals surface area contributed by atoms with Crippen LogP contribution in [0.1, 0.15) is 0 Å². The van der Waals surface area contributed by atoms with Gasteiger partial charge in [-0.25, -0.2) is 0 Å². The molecule has 1 rings (SSSR count). The largest absolute Gasteiger partial charge is 0.315 e. The van der Waals surface area contributed by atoms with Crippen LogP contribution in [0.4, 0.5) is 5.13 Å². The van der Waals surface area contributed by atoms with Gasteiger partial charge in [-0.15, -0.1) is 10.2 Å². The van der Waals surface area contributed by atoms with Gasteiger partial charge in [0.2, 0.25) is 5.13 Å². The molecule has 0 aromatic carbocycles. The van der Waals surface area contributed by atoms with Crippen LogP contribution in [-0.4, -0.2) is 16.6 Å². The molecule has 0 aliphatic heterocycles. The molecule has 0 bridgehead atoms. The van der Waals surface area contributed by atoms with Gasteiger partial charge in [0.1, 0.15) is 5.51 Å². The Morgan fingerprint density at radius 3 is 3.25 bits per heavy atom. The van der Waals surface area contributed by atoms with Crippen molar-refractivity contribution < 1.29 is 4.79 Å². The zero-order valence-corrected chi connectivity index (χ0v) is 4.60. The topological polar surface area (TPSA) is 54.9 Å². The fourth-order valence-corrected chi connectivity index (χ4v) is 0.660. The Labute approximate surface area is 49.6 Å². The molecule has 1 amide bonds. The molecule has 1 radical (unpaired) electrons. The second-order valence-electron chi connectivity index (χ2n) is 0.971. The van der Waals surface area contributed by atoms with E-state index in [1.165, 1.54) is 23.3 Å². The van der Waals surface area contributed by atoms with Crippen LogP contribution in [-0.2, 0) is 4.79 Å². The van der Waals surface area contributed by atoms with E-state index < -0.39 is 0 Å². The van der Waals surface area contributed by atoms with E-state index in [2.05, 4.69) is 15.5 Å². The summed E-state index contributed by atoms with van der Waals surface area (Å²) in [5.74, 6) is 0. The maximum Gasteiger partial charge on any atom is 0.315 e. The molecule has 1 aromatic heterocycles. The van der Waals surface area contributed by atoms with Gasteiger partial charge in [0.25, 0.3) is 0 Å². The van der Waals surface area contributed by atoms with Crippen molar-refractivity contribution in [2.75, 3.05) is 5.32 Å². The lowest BCUT2D eigenvalue weighted by molar-refractivity contribution is 0.561. The molecule has 0 spiro atoms. The molecule has 0 saturated heterocycles. The van der Waals surface area contributed by atoms with Gasteiger partial charge in [0.15, 0.2) is 0 Å². The molecule has 1 aromatic rings. The second-order valence-corrected chi connectivity index (χ2v) is 1.80. The van der Waals surface area contributed by atoms with E-state index in [-0.39, 0.29) is 0 Å². The number of nitrogens with one attached hydrogen (secondary N) is 1. The Morgan fingerprint density at radius 1 is 1.88 bits per heavy atom. The lowest BCUT2D eigenvalue weighted by Gasteiger charge is -1.79. The highest BCUT2D eigenvalue weighted by Gasteiger charge is 1.89. The predicted octanol–water partition coefficient (Wildman–Crippen LogP) is 0.0172. The molecule has 0 fully saturated rings. The van der Waals surface area contributed by atoms with Crippen LogP contribution in [0.15, 0.2) is 5.51 Å². The van der Waals surface area contributed by atoms with Crippen molar-refractivity contribution in [3.05, 3.63) is 5.51 Å². The summed E-state index contributed by atoms with van der Waals surface area (Å²) in [6.45, 7) is 0. The normalized spacial score (nSPS) is 8.50. The number of hydrogen-bond donors (Lipinski definition) is 1. The van der Waals surface area contributed by atoms with E-state index in [0.717, 1.165) is 0 Å². The maximum atomic E-state index is 9.57. The molecule has 0 aliphatic carbocycles. The average molecular weight is 128 g/mol. The number of nitrogens with zero attached hydrogens (tertiary/aromatic N) is 2. The minimum absolute atomic E-state index is 0.472. The second kappa shape index (κ2) is 2.37. The highest BCUT2D eigenvalue weighted by Crippen LogP contribution is 2.04. The van der Waals surface area contributed by atoms with Crippen LogP contribution in [0.5, 0.6) is 0 Å². The van der Waals surface area contributed by atoms with Crippen molar-refractivity contribution in [1.82, 2.24) is 10.2 Å². The fourth-order valence-electron chi connectivity index (χ4n) is 0.271. The Balaban J connectivity index is 2.62. The van der Waals surface area contributed by atoms with E-state index in [9.17, 15) is 4.79 Å². The SMILES string of the molecule is O=[C]Nc1nncs1. The minimum atomic E-state index is 0.472. The zero-order chi connectivity index (χ0) is 5.82. The summed E-state index contributed by atoms with van der Waals surface area (Å²) in [4.78, 5) is 9.57. The van der Waals surface area contributed by atoms with Crippen molar-refractivity contribution in [2.45, 2.75) is 0 Å². The summed E-state index contributed by atoms with van der Waals surface area (Å²) < 4.78 is 0. The molecule has 1 heterocycles. The first-order chi connectivity index (χ1) is 3.93. The molecule has 8 heavy (non-hydrogen) atoms. The maximum absolute atomic E-state index is 9.57. The molecular weight excluding hydrogens is 126 g/mol. The summed E-state index contributed by atoms with van der Waals surface area (Å²) >= 11 is 1.25. The van der Waals surface area contributed by atoms with Gasteiger partial charge in [-0.05, 0) is 0 Å². The van der Waals surface area contributed by atoms with E-state index in [1.54, 1.807) is 0 Å². The fraction of sp³-hybridized carbons (Fsp3) is 0. The van der Waals surface area contributed by atoms with E-state index in [0.29, 0.717) is 5.13 Å². The summed E-state index contributed by atoms with van der Waals surface area (Å²) in [6, 6.07) is 0. The van der Waals surface area contributed by atoms with Gasteiger partial charge >= 0.3 is 6.41 Å². The van der Waals surface area contributed by atoms with Crippen LogP contribution < -0.4 is 5.32 Å². The summed E-state index contributed by atoms with van der Waals surface area (Å²) in [6.07, 6.45) is 1.48. The highest BCUT2D eigenvalue weighted by atomic mass is 32.1. The van der Waals surface area contributed by atoms with Gasteiger partial charge in [0.05, 0.1) is 0 Å². The van der Waals surface area contributed by atoms with Crippen LogP contribution in [0.2, 0.25) is 0 Å². The molecule has 0 unspecified atom stereocenters. The van der Waals surface area contributed by atoms with E-state index in [4.69, 9.17) is 0 Å². The first kappa shape index (κ1) is 5.17. The number of carbonyl (C=O) groups excluding carboxylic acids is 1. The quantitative estimate of drug-likeness (QED) is 0.571. The average Bonchev–Trinajstić information content (AvgIpc) is 2.19. The van der Waals surface area contributed by atoms with Crippen molar-refractivity contribution in [1.29, 1.82) is 0 Å². The molecule has 0 saturated carbocycles. The first-order valence-electron chi connectivity index (χ1n) is 1.83. The minimum Gasteiger partial charge on any atom is -0.292 e. The summed E-state index contributed by atoms with van der Waals surface area (Å²) in [7, 11) is 0. The first-order valence-corrected chi connectivity index (χ1v) is 2.71.